The van der Waals surface area contributed by atoms with Gasteiger partial charge in [-0.1, -0.05) is 22.0 Å². The van der Waals surface area contributed by atoms with Crippen molar-refractivity contribution >= 4 is 27.7 Å². The van der Waals surface area contributed by atoms with Crippen LogP contribution in [0.2, 0.25) is 0 Å². The van der Waals surface area contributed by atoms with E-state index in [0.717, 1.165) is 10.0 Å². The molecule has 0 fully saturated rings. The Hall–Kier alpha value is -0.920. The zero-order valence-corrected chi connectivity index (χ0v) is 7.55. The lowest BCUT2D eigenvalue weighted by molar-refractivity contribution is 0.565. The molecule has 1 rings (SSSR count). The maximum atomic E-state index is 9.86. The second-order valence-electron chi connectivity index (χ2n) is 2.14. The first-order chi connectivity index (χ1) is 5.24. The number of aryl methyl sites for hydroxylation is 1. The average Bonchev–Trinajstić information content (AvgIpc) is 1.98. The lowest BCUT2D eigenvalue weighted by atomic mass is 10.2. The van der Waals surface area contributed by atoms with Crippen LogP contribution in [0, 0.1) is 6.92 Å². The van der Waals surface area contributed by atoms with Gasteiger partial charge in [0.15, 0.2) is 0 Å². The van der Waals surface area contributed by atoms with Crippen LogP contribution in [0.3, 0.4) is 0 Å². The third kappa shape index (κ3) is 2.00. The van der Waals surface area contributed by atoms with Crippen molar-refractivity contribution in [2.45, 2.75) is 6.92 Å². The minimum absolute atomic E-state index is 0.623. The van der Waals surface area contributed by atoms with Crippen molar-refractivity contribution in [1.29, 1.82) is 0 Å². The number of halogens is 1. The minimum atomic E-state index is 0.623. The molecule has 11 heavy (non-hydrogen) atoms. The maximum absolute atomic E-state index is 9.86. The van der Waals surface area contributed by atoms with E-state index in [-0.39, 0.29) is 0 Å². The van der Waals surface area contributed by atoms with Gasteiger partial charge in [-0.25, -0.2) is 4.79 Å². The van der Waals surface area contributed by atoms with E-state index in [0.29, 0.717) is 5.69 Å². The van der Waals surface area contributed by atoms with Crippen LogP contribution in [0.15, 0.2) is 27.7 Å². The molecule has 0 heterocycles. The molecule has 0 atom stereocenters. The Balaban J connectivity index is 3.14. The van der Waals surface area contributed by atoms with Crippen LogP contribution in [-0.4, -0.2) is 6.08 Å². The van der Waals surface area contributed by atoms with Gasteiger partial charge in [-0.2, -0.15) is 4.99 Å². The van der Waals surface area contributed by atoms with Gasteiger partial charge in [-0.3, -0.25) is 0 Å². The summed E-state index contributed by atoms with van der Waals surface area (Å²) in [5.41, 5.74) is 1.74. The summed E-state index contributed by atoms with van der Waals surface area (Å²) in [6, 6.07) is 5.44. The Labute approximate surface area is 73.1 Å². The molecule has 0 radical (unpaired) electrons. The van der Waals surface area contributed by atoms with Gasteiger partial charge in [0.2, 0.25) is 6.08 Å². The van der Waals surface area contributed by atoms with Crippen LogP contribution in [0.1, 0.15) is 5.56 Å². The number of aliphatic imine (C=N–C) groups is 1. The highest BCUT2D eigenvalue weighted by molar-refractivity contribution is 9.10. The molecule has 0 aliphatic rings. The van der Waals surface area contributed by atoms with Gasteiger partial charge < -0.3 is 0 Å². The fourth-order valence-corrected chi connectivity index (χ4v) is 1.07. The van der Waals surface area contributed by atoms with Crippen LogP contribution >= 0.6 is 15.9 Å². The Bertz CT molecular complexity index is 316. The van der Waals surface area contributed by atoms with Gasteiger partial charge in [-0.15, -0.1) is 0 Å². The molecular formula is C8H6BrNO. The number of nitrogens with zero attached hydrogens (tertiary/aromatic N) is 1. The third-order valence-corrected chi connectivity index (χ3v) is 2.18. The fourth-order valence-electron chi connectivity index (χ4n) is 0.704. The van der Waals surface area contributed by atoms with Crippen LogP contribution in [0.4, 0.5) is 5.69 Å². The van der Waals surface area contributed by atoms with Crippen molar-refractivity contribution in [3.63, 3.8) is 0 Å². The number of hydrogen-bond donors (Lipinski definition) is 0. The van der Waals surface area contributed by atoms with Crippen molar-refractivity contribution < 1.29 is 4.79 Å². The summed E-state index contributed by atoms with van der Waals surface area (Å²) in [4.78, 5) is 13.3. The van der Waals surface area contributed by atoms with Gasteiger partial charge in [-0.05, 0) is 24.6 Å². The SMILES string of the molecule is Cc1ccc(N=C=O)cc1Br. The predicted molar refractivity (Wildman–Crippen MR) is 46.7 cm³/mol. The van der Waals surface area contributed by atoms with Crippen molar-refractivity contribution in [2.75, 3.05) is 0 Å². The normalized spacial score (nSPS) is 8.91. The van der Waals surface area contributed by atoms with Crippen molar-refractivity contribution in [1.82, 2.24) is 0 Å². The molecule has 0 spiro atoms. The van der Waals surface area contributed by atoms with Crippen LogP contribution in [-0.2, 0) is 4.79 Å². The molecule has 0 amide bonds. The molecule has 0 aliphatic carbocycles. The van der Waals surface area contributed by atoms with Gasteiger partial charge in [0.05, 0.1) is 5.69 Å². The largest absolute Gasteiger partial charge is 0.240 e. The van der Waals surface area contributed by atoms with E-state index in [1.807, 2.05) is 13.0 Å². The quantitative estimate of drug-likeness (QED) is 0.519. The molecule has 0 aliphatic heterocycles. The fraction of sp³-hybridized carbons (Fsp3) is 0.125. The first-order valence-corrected chi connectivity index (χ1v) is 3.87. The van der Waals surface area contributed by atoms with Crippen molar-refractivity contribution in [3.8, 4) is 0 Å². The number of benzene rings is 1. The summed E-state index contributed by atoms with van der Waals surface area (Å²) in [5, 5.41) is 0. The van der Waals surface area contributed by atoms with Crippen LogP contribution in [0.5, 0.6) is 0 Å². The smallest absolute Gasteiger partial charge is 0.211 e. The standard InChI is InChI=1S/C8H6BrNO/c1-6-2-3-7(10-5-11)4-8(6)9/h2-4H,1H3. The number of carbonyl (C=O) groups excluding carboxylic acids is 1. The first kappa shape index (κ1) is 8.18. The van der Waals surface area contributed by atoms with Gasteiger partial charge in [0, 0.05) is 4.47 Å². The summed E-state index contributed by atoms with van der Waals surface area (Å²) in [6.07, 6.45) is 1.48. The zero-order valence-electron chi connectivity index (χ0n) is 5.97. The Kier molecular flexibility index (Phi) is 2.58. The second kappa shape index (κ2) is 3.46. The Morgan fingerprint density at radius 3 is 2.82 bits per heavy atom. The number of isocyanates is 1. The highest BCUT2D eigenvalue weighted by atomic mass is 79.9. The van der Waals surface area contributed by atoms with E-state index in [1.54, 1.807) is 12.1 Å². The predicted octanol–water partition coefficient (Wildman–Crippen LogP) is 2.72. The van der Waals surface area contributed by atoms with Crippen LogP contribution < -0.4 is 0 Å². The molecule has 0 unspecified atom stereocenters. The highest BCUT2D eigenvalue weighted by Crippen LogP contribution is 2.21. The second-order valence-corrected chi connectivity index (χ2v) is 2.99. The molecular weight excluding hydrogens is 206 g/mol. The lowest BCUT2D eigenvalue weighted by Crippen LogP contribution is -1.72. The Morgan fingerprint density at radius 1 is 1.55 bits per heavy atom. The van der Waals surface area contributed by atoms with E-state index >= 15 is 0 Å². The highest BCUT2D eigenvalue weighted by Gasteiger charge is 1.94. The first-order valence-electron chi connectivity index (χ1n) is 3.08. The van der Waals surface area contributed by atoms with Crippen LogP contribution in [0.25, 0.3) is 0 Å². The van der Waals surface area contributed by atoms with E-state index < -0.39 is 0 Å². The molecule has 56 valence electrons. The summed E-state index contributed by atoms with van der Waals surface area (Å²) in [7, 11) is 0. The average molecular weight is 212 g/mol. The van der Waals surface area contributed by atoms with E-state index in [1.165, 1.54) is 6.08 Å². The summed E-state index contributed by atoms with van der Waals surface area (Å²) < 4.78 is 0.953. The van der Waals surface area contributed by atoms with E-state index in [4.69, 9.17) is 0 Å². The third-order valence-electron chi connectivity index (χ3n) is 1.33. The maximum Gasteiger partial charge on any atom is 0.240 e. The molecule has 1 aromatic carbocycles. The topological polar surface area (TPSA) is 29.4 Å². The zero-order chi connectivity index (χ0) is 8.27. The van der Waals surface area contributed by atoms with Gasteiger partial charge in [0.1, 0.15) is 0 Å². The molecule has 0 saturated heterocycles. The van der Waals surface area contributed by atoms with Gasteiger partial charge in [0.25, 0.3) is 0 Å². The van der Waals surface area contributed by atoms with Crippen molar-refractivity contribution in [3.05, 3.63) is 28.2 Å². The van der Waals surface area contributed by atoms with E-state index in [2.05, 4.69) is 20.9 Å². The summed E-state index contributed by atoms with van der Waals surface area (Å²) in [5.74, 6) is 0. The number of rotatable bonds is 1. The van der Waals surface area contributed by atoms with E-state index in [9.17, 15) is 4.79 Å². The molecule has 1 aromatic rings. The molecule has 3 heteroatoms. The Morgan fingerprint density at radius 2 is 2.27 bits per heavy atom. The summed E-state index contributed by atoms with van der Waals surface area (Å²) in [6.45, 7) is 1.97. The summed E-state index contributed by atoms with van der Waals surface area (Å²) >= 11 is 3.33. The van der Waals surface area contributed by atoms with Gasteiger partial charge >= 0.3 is 0 Å². The lowest BCUT2D eigenvalue weighted by Gasteiger charge is -1.96. The molecule has 0 aromatic heterocycles. The molecule has 0 saturated carbocycles. The minimum Gasteiger partial charge on any atom is -0.211 e. The molecule has 0 bridgehead atoms. The number of hydrogen-bond acceptors (Lipinski definition) is 2. The monoisotopic (exact) mass is 211 g/mol. The molecule has 0 N–H and O–H groups in total. The van der Waals surface area contributed by atoms with Crippen molar-refractivity contribution in [2.24, 2.45) is 4.99 Å². The molecule has 2 nitrogen and oxygen atoms in total.